The molecule has 19 heavy (non-hydrogen) atoms. The summed E-state index contributed by atoms with van der Waals surface area (Å²) >= 11 is 1.68. The zero-order valence-corrected chi connectivity index (χ0v) is 11.6. The van der Waals surface area contributed by atoms with Crippen molar-refractivity contribution in [3.8, 4) is 0 Å². The summed E-state index contributed by atoms with van der Waals surface area (Å²) in [4.78, 5) is 11.3. The molecule has 98 valence electrons. The van der Waals surface area contributed by atoms with Gasteiger partial charge in [-0.3, -0.25) is 4.79 Å². The monoisotopic (exact) mass is 272 g/mol. The number of amides is 1. The fraction of sp³-hybridized carbons (Fsp3) is 0.267. The van der Waals surface area contributed by atoms with E-state index in [-0.39, 0.29) is 11.9 Å². The average Bonchev–Trinajstić information content (AvgIpc) is 2.83. The van der Waals surface area contributed by atoms with Crippen molar-refractivity contribution < 1.29 is 4.79 Å². The van der Waals surface area contributed by atoms with Gasteiger partial charge < -0.3 is 11.1 Å². The predicted molar refractivity (Wildman–Crippen MR) is 78.5 cm³/mol. The smallest absolute Gasteiger partial charge is 0.224 e. The molecule has 3 N–H and O–H groups in total. The Labute approximate surface area is 116 Å². The lowest BCUT2D eigenvalue weighted by Crippen LogP contribution is -2.20. The van der Waals surface area contributed by atoms with Crippen LogP contribution in [0.15, 0.2) is 29.0 Å². The molecule has 3 nitrogen and oxygen atoms in total. The molecule has 2 aromatic rings. The van der Waals surface area contributed by atoms with Crippen LogP contribution in [0.4, 0.5) is 5.69 Å². The van der Waals surface area contributed by atoms with Crippen LogP contribution in [-0.4, -0.2) is 5.91 Å². The van der Waals surface area contributed by atoms with Crippen molar-refractivity contribution >= 4 is 22.9 Å². The van der Waals surface area contributed by atoms with Crippen molar-refractivity contribution in [1.29, 1.82) is 0 Å². The third-order valence-corrected chi connectivity index (χ3v) is 4.49. The molecular weight excluding hydrogens is 256 g/mol. The first-order valence-corrected chi connectivity index (χ1v) is 7.30. The van der Waals surface area contributed by atoms with Crippen LogP contribution in [0, 0.1) is 6.92 Å². The zero-order valence-electron chi connectivity index (χ0n) is 10.8. The van der Waals surface area contributed by atoms with Gasteiger partial charge >= 0.3 is 0 Å². The van der Waals surface area contributed by atoms with E-state index in [9.17, 15) is 4.79 Å². The number of fused-ring (bicyclic) bond motifs is 1. The Balaban J connectivity index is 1.94. The highest BCUT2D eigenvalue weighted by Crippen LogP contribution is 2.30. The number of nitrogens with one attached hydrogen (secondary N) is 1. The first kappa shape index (κ1) is 12.4. The van der Waals surface area contributed by atoms with E-state index >= 15 is 0 Å². The van der Waals surface area contributed by atoms with E-state index in [0.717, 1.165) is 17.7 Å². The highest BCUT2D eigenvalue weighted by atomic mass is 32.1. The number of hydrogen-bond acceptors (Lipinski definition) is 3. The van der Waals surface area contributed by atoms with Gasteiger partial charge in [-0.15, -0.1) is 0 Å². The number of carbonyl (C=O) groups is 1. The molecule has 1 atom stereocenters. The van der Waals surface area contributed by atoms with Gasteiger partial charge in [-0.05, 0) is 52.4 Å². The maximum absolute atomic E-state index is 11.3. The van der Waals surface area contributed by atoms with Crippen LogP contribution in [0.1, 0.15) is 34.7 Å². The standard InChI is InChI=1S/C15H16N2OS/c1-9-7-19-8-12(9)15(16)11-2-4-13-10(6-11)3-5-14(18)17-13/h2,4,6-8,15H,3,5,16H2,1H3,(H,17,18). The quantitative estimate of drug-likeness (QED) is 0.883. The second-order valence-electron chi connectivity index (χ2n) is 4.95. The van der Waals surface area contributed by atoms with Crippen molar-refractivity contribution in [3.63, 3.8) is 0 Å². The minimum absolute atomic E-state index is 0.0887. The third-order valence-electron chi connectivity index (χ3n) is 3.61. The van der Waals surface area contributed by atoms with E-state index in [1.165, 1.54) is 16.7 Å². The van der Waals surface area contributed by atoms with Crippen LogP contribution in [-0.2, 0) is 11.2 Å². The summed E-state index contributed by atoms with van der Waals surface area (Å²) in [6, 6.07) is 6.00. The van der Waals surface area contributed by atoms with E-state index in [1.807, 2.05) is 12.1 Å². The summed E-state index contributed by atoms with van der Waals surface area (Å²) in [5, 5.41) is 7.13. The minimum atomic E-state index is -0.0887. The molecule has 3 rings (SSSR count). The molecule has 4 heteroatoms. The van der Waals surface area contributed by atoms with Crippen molar-refractivity contribution in [3.05, 3.63) is 51.2 Å². The molecule has 2 heterocycles. The Morgan fingerprint density at radius 1 is 1.32 bits per heavy atom. The van der Waals surface area contributed by atoms with Gasteiger partial charge in [-0.25, -0.2) is 0 Å². The molecule has 0 saturated heterocycles. The lowest BCUT2D eigenvalue weighted by atomic mass is 9.94. The molecular formula is C15H16N2OS. The Morgan fingerprint density at radius 2 is 2.16 bits per heavy atom. The SMILES string of the molecule is Cc1cscc1C(N)c1ccc2c(c1)CCC(=O)N2. The largest absolute Gasteiger partial charge is 0.326 e. The fourth-order valence-electron chi connectivity index (χ4n) is 2.47. The molecule has 1 aliphatic heterocycles. The summed E-state index contributed by atoms with van der Waals surface area (Å²) in [6.07, 6.45) is 1.35. The highest BCUT2D eigenvalue weighted by Gasteiger charge is 2.18. The topological polar surface area (TPSA) is 55.1 Å². The Kier molecular flexibility index (Phi) is 3.12. The molecule has 0 bridgehead atoms. The number of nitrogens with two attached hydrogens (primary N) is 1. The summed E-state index contributed by atoms with van der Waals surface area (Å²) in [5.74, 6) is 0.0956. The van der Waals surface area contributed by atoms with Crippen molar-refractivity contribution in [2.24, 2.45) is 5.73 Å². The number of aryl methyl sites for hydroxylation is 2. The number of anilines is 1. The van der Waals surface area contributed by atoms with Crippen LogP contribution in [0.2, 0.25) is 0 Å². The van der Waals surface area contributed by atoms with Crippen LogP contribution in [0.25, 0.3) is 0 Å². The van der Waals surface area contributed by atoms with Crippen LogP contribution >= 0.6 is 11.3 Å². The van der Waals surface area contributed by atoms with E-state index in [0.29, 0.717) is 6.42 Å². The molecule has 0 fully saturated rings. The Morgan fingerprint density at radius 3 is 2.89 bits per heavy atom. The van der Waals surface area contributed by atoms with Crippen LogP contribution in [0.5, 0.6) is 0 Å². The third kappa shape index (κ3) is 2.29. The van der Waals surface area contributed by atoms with Crippen molar-refractivity contribution in [2.45, 2.75) is 25.8 Å². The van der Waals surface area contributed by atoms with Gasteiger partial charge in [0.15, 0.2) is 0 Å². The maximum Gasteiger partial charge on any atom is 0.224 e. The minimum Gasteiger partial charge on any atom is -0.326 e. The molecule has 1 amide bonds. The molecule has 1 aromatic heterocycles. The van der Waals surface area contributed by atoms with Gasteiger partial charge in [0.1, 0.15) is 0 Å². The first-order valence-electron chi connectivity index (χ1n) is 6.36. The molecule has 1 aromatic carbocycles. The summed E-state index contributed by atoms with van der Waals surface area (Å²) in [6.45, 7) is 2.09. The number of carbonyl (C=O) groups excluding carboxylic acids is 1. The summed E-state index contributed by atoms with van der Waals surface area (Å²) in [5.41, 5.74) is 12.0. The second kappa shape index (κ2) is 4.79. The average molecular weight is 272 g/mol. The maximum atomic E-state index is 11.3. The van der Waals surface area contributed by atoms with Gasteiger partial charge in [-0.1, -0.05) is 12.1 Å². The molecule has 1 unspecified atom stereocenters. The van der Waals surface area contributed by atoms with Gasteiger partial charge in [0, 0.05) is 12.1 Å². The molecule has 0 saturated carbocycles. The molecule has 0 radical (unpaired) electrons. The first-order chi connectivity index (χ1) is 9.15. The van der Waals surface area contributed by atoms with Gasteiger partial charge in [-0.2, -0.15) is 11.3 Å². The van der Waals surface area contributed by atoms with E-state index in [4.69, 9.17) is 5.73 Å². The lowest BCUT2D eigenvalue weighted by molar-refractivity contribution is -0.116. The van der Waals surface area contributed by atoms with Gasteiger partial charge in [0.2, 0.25) is 5.91 Å². The van der Waals surface area contributed by atoms with Crippen LogP contribution in [0.3, 0.4) is 0 Å². The number of rotatable bonds is 2. The van der Waals surface area contributed by atoms with Gasteiger partial charge in [0.05, 0.1) is 6.04 Å². The molecule has 0 spiro atoms. The zero-order chi connectivity index (χ0) is 13.4. The van der Waals surface area contributed by atoms with E-state index in [1.54, 1.807) is 11.3 Å². The molecule has 0 aliphatic carbocycles. The normalized spacial score (nSPS) is 15.8. The van der Waals surface area contributed by atoms with E-state index < -0.39 is 0 Å². The Bertz CT molecular complexity index is 633. The predicted octanol–water partition coefficient (Wildman–Crippen LogP) is 2.99. The second-order valence-corrected chi connectivity index (χ2v) is 5.70. The number of thiophene rings is 1. The van der Waals surface area contributed by atoms with Crippen molar-refractivity contribution in [2.75, 3.05) is 5.32 Å². The highest BCUT2D eigenvalue weighted by molar-refractivity contribution is 7.08. The van der Waals surface area contributed by atoms with Crippen LogP contribution < -0.4 is 11.1 Å². The summed E-state index contributed by atoms with van der Waals surface area (Å²) < 4.78 is 0. The summed E-state index contributed by atoms with van der Waals surface area (Å²) in [7, 11) is 0. The fourth-order valence-corrected chi connectivity index (χ4v) is 3.35. The van der Waals surface area contributed by atoms with Gasteiger partial charge in [0.25, 0.3) is 0 Å². The lowest BCUT2D eigenvalue weighted by Gasteiger charge is -2.20. The van der Waals surface area contributed by atoms with E-state index in [2.05, 4.69) is 29.1 Å². The van der Waals surface area contributed by atoms with Crippen molar-refractivity contribution in [1.82, 2.24) is 0 Å². The molecule has 1 aliphatic rings. The number of benzene rings is 1. The number of hydrogen-bond donors (Lipinski definition) is 2. The Hall–Kier alpha value is -1.65.